The molecule has 0 fully saturated rings. The minimum Gasteiger partial charge on any atom is -0.488 e. The first-order valence-corrected chi connectivity index (χ1v) is 11.4. The molecule has 2 N–H and O–H groups in total. The Balaban J connectivity index is 1.65. The standard InChI is InChI=1S/C27H25ClN4O3/c1-18(2)25(31-26(33)21-6-4-3-5-7-21)27(34)32-30-16-22-14-23(28)12-13-24(22)35-17-20-10-8-19(15-29)9-11-20/h3-14,16,18,25H,17H2,1-2H3,(H,31,33)(H,32,34)/b30-16+. The summed E-state index contributed by atoms with van der Waals surface area (Å²) in [6.07, 6.45) is 1.44. The van der Waals surface area contributed by atoms with E-state index in [-0.39, 0.29) is 18.4 Å². The molecule has 35 heavy (non-hydrogen) atoms. The van der Waals surface area contributed by atoms with Crippen molar-refractivity contribution < 1.29 is 14.3 Å². The third-order valence-electron chi connectivity index (χ3n) is 5.10. The van der Waals surface area contributed by atoms with Crippen molar-refractivity contribution in [3.8, 4) is 11.8 Å². The normalized spacial score (nSPS) is 11.6. The summed E-state index contributed by atoms with van der Waals surface area (Å²) in [5, 5.41) is 16.2. The van der Waals surface area contributed by atoms with Crippen LogP contribution in [-0.4, -0.2) is 24.1 Å². The van der Waals surface area contributed by atoms with E-state index in [0.717, 1.165) is 5.56 Å². The minimum atomic E-state index is -0.772. The van der Waals surface area contributed by atoms with Gasteiger partial charge in [0.2, 0.25) is 0 Å². The maximum atomic E-state index is 12.7. The summed E-state index contributed by atoms with van der Waals surface area (Å²) in [6, 6.07) is 22.2. The zero-order chi connectivity index (χ0) is 25.2. The lowest BCUT2D eigenvalue weighted by molar-refractivity contribution is -0.123. The molecule has 0 aliphatic rings. The number of ether oxygens (including phenoxy) is 1. The third-order valence-corrected chi connectivity index (χ3v) is 5.33. The highest BCUT2D eigenvalue weighted by atomic mass is 35.5. The number of halogens is 1. The van der Waals surface area contributed by atoms with Gasteiger partial charge in [0.25, 0.3) is 11.8 Å². The molecule has 2 amide bonds. The Bertz CT molecular complexity index is 1240. The number of hydrogen-bond acceptors (Lipinski definition) is 5. The van der Waals surface area contributed by atoms with Crippen LogP contribution in [0.1, 0.15) is 40.9 Å². The van der Waals surface area contributed by atoms with Crippen molar-refractivity contribution in [2.75, 3.05) is 0 Å². The molecule has 0 spiro atoms. The Morgan fingerprint density at radius 1 is 1.09 bits per heavy atom. The molecule has 0 radical (unpaired) electrons. The van der Waals surface area contributed by atoms with E-state index in [4.69, 9.17) is 21.6 Å². The average molecular weight is 489 g/mol. The Morgan fingerprint density at radius 3 is 2.46 bits per heavy atom. The van der Waals surface area contributed by atoms with Gasteiger partial charge in [-0.1, -0.05) is 55.8 Å². The fourth-order valence-corrected chi connectivity index (χ4v) is 3.35. The Kier molecular flexibility index (Phi) is 8.99. The van der Waals surface area contributed by atoms with E-state index in [1.165, 1.54) is 6.21 Å². The predicted molar refractivity (Wildman–Crippen MR) is 135 cm³/mol. The van der Waals surface area contributed by atoms with Crippen molar-refractivity contribution in [1.29, 1.82) is 5.26 Å². The van der Waals surface area contributed by atoms with Crippen LogP contribution in [0, 0.1) is 17.2 Å². The number of benzene rings is 3. The second kappa shape index (κ2) is 12.4. The van der Waals surface area contributed by atoms with Crippen LogP contribution in [0.3, 0.4) is 0 Å². The zero-order valence-corrected chi connectivity index (χ0v) is 20.1. The van der Waals surface area contributed by atoms with Gasteiger partial charge in [-0.05, 0) is 53.9 Å². The number of hydrazone groups is 1. The molecule has 0 aliphatic heterocycles. The molecule has 7 nitrogen and oxygen atoms in total. The van der Waals surface area contributed by atoms with Gasteiger partial charge in [0.1, 0.15) is 18.4 Å². The molecule has 3 aromatic carbocycles. The lowest BCUT2D eigenvalue weighted by Gasteiger charge is -2.20. The van der Waals surface area contributed by atoms with Gasteiger partial charge >= 0.3 is 0 Å². The van der Waals surface area contributed by atoms with Gasteiger partial charge in [-0.25, -0.2) is 5.43 Å². The topological polar surface area (TPSA) is 104 Å². The molecule has 0 bridgehead atoms. The highest BCUT2D eigenvalue weighted by Crippen LogP contribution is 2.22. The lowest BCUT2D eigenvalue weighted by atomic mass is 10.0. The maximum Gasteiger partial charge on any atom is 0.262 e. The summed E-state index contributed by atoms with van der Waals surface area (Å²) in [4.78, 5) is 25.2. The van der Waals surface area contributed by atoms with Crippen LogP contribution in [-0.2, 0) is 11.4 Å². The number of carbonyl (C=O) groups excluding carboxylic acids is 2. The maximum absolute atomic E-state index is 12.7. The highest BCUT2D eigenvalue weighted by molar-refractivity contribution is 6.30. The number of nitrogens with one attached hydrogen (secondary N) is 2. The number of nitrogens with zero attached hydrogens (tertiary/aromatic N) is 2. The summed E-state index contributed by atoms with van der Waals surface area (Å²) in [5.41, 5.74) is 4.99. The quantitative estimate of drug-likeness (QED) is 0.336. The van der Waals surface area contributed by atoms with Gasteiger partial charge in [-0.3, -0.25) is 9.59 Å². The van der Waals surface area contributed by atoms with E-state index in [2.05, 4.69) is 21.9 Å². The molecular formula is C27H25ClN4O3. The summed E-state index contributed by atoms with van der Waals surface area (Å²) >= 11 is 6.13. The molecule has 0 heterocycles. The largest absolute Gasteiger partial charge is 0.488 e. The summed E-state index contributed by atoms with van der Waals surface area (Å²) in [7, 11) is 0. The summed E-state index contributed by atoms with van der Waals surface area (Å²) in [6.45, 7) is 3.96. The van der Waals surface area contributed by atoms with E-state index in [1.807, 2.05) is 32.0 Å². The molecule has 0 aromatic heterocycles. The first-order valence-electron chi connectivity index (χ1n) is 11.0. The first kappa shape index (κ1) is 25.5. The number of nitriles is 1. The van der Waals surface area contributed by atoms with Crippen LogP contribution < -0.4 is 15.5 Å². The van der Waals surface area contributed by atoms with Gasteiger partial charge in [-0.2, -0.15) is 10.4 Å². The van der Waals surface area contributed by atoms with Crippen LogP contribution in [0.15, 0.2) is 77.9 Å². The van der Waals surface area contributed by atoms with Crippen molar-refractivity contribution in [2.24, 2.45) is 11.0 Å². The third kappa shape index (κ3) is 7.42. The number of hydrogen-bond donors (Lipinski definition) is 2. The molecule has 1 atom stereocenters. The minimum absolute atomic E-state index is 0.157. The van der Waals surface area contributed by atoms with Gasteiger partial charge < -0.3 is 10.1 Å². The van der Waals surface area contributed by atoms with Crippen LogP contribution in [0.5, 0.6) is 5.75 Å². The van der Waals surface area contributed by atoms with E-state index in [1.54, 1.807) is 54.6 Å². The molecule has 3 aromatic rings. The van der Waals surface area contributed by atoms with Crippen LogP contribution >= 0.6 is 11.6 Å². The van der Waals surface area contributed by atoms with Gasteiger partial charge in [0.15, 0.2) is 0 Å². The molecule has 0 saturated heterocycles. The van der Waals surface area contributed by atoms with Gasteiger partial charge in [0.05, 0.1) is 17.8 Å². The van der Waals surface area contributed by atoms with E-state index in [0.29, 0.717) is 27.5 Å². The Hall–Kier alpha value is -4.15. The Morgan fingerprint density at radius 2 is 1.80 bits per heavy atom. The average Bonchev–Trinajstić information content (AvgIpc) is 2.87. The van der Waals surface area contributed by atoms with E-state index < -0.39 is 11.9 Å². The molecule has 0 aliphatic carbocycles. The first-order chi connectivity index (χ1) is 16.9. The fraction of sp³-hybridized carbons (Fsp3) is 0.185. The van der Waals surface area contributed by atoms with Crippen molar-refractivity contribution >= 4 is 29.6 Å². The summed E-state index contributed by atoms with van der Waals surface area (Å²) < 4.78 is 5.89. The lowest BCUT2D eigenvalue weighted by Crippen LogP contribution is -2.48. The zero-order valence-electron chi connectivity index (χ0n) is 19.4. The van der Waals surface area contributed by atoms with Gasteiger partial charge in [0, 0.05) is 16.1 Å². The second-order valence-electron chi connectivity index (χ2n) is 8.07. The van der Waals surface area contributed by atoms with Crippen molar-refractivity contribution in [3.63, 3.8) is 0 Å². The van der Waals surface area contributed by atoms with Gasteiger partial charge in [-0.15, -0.1) is 0 Å². The molecule has 178 valence electrons. The van der Waals surface area contributed by atoms with Crippen LogP contribution in [0.25, 0.3) is 0 Å². The predicted octanol–water partition coefficient (Wildman–Crippen LogP) is 4.70. The van der Waals surface area contributed by atoms with E-state index >= 15 is 0 Å². The molecular weight excluding hydrogens is 464 g/mol. The van der Waals surface area contributed by atoms with E-state index in [9.17, 15) is 9.59 Å². The molecule has 3 rings (SSSR count). The van der Waals surface area contributed by atoms with Crippen molar-refractivity contribution in [2.45, 2.75) is 26.5 Å². The second-order valence-corrected chi connectivity index (χ2v) is 8.51. The molecule has 1 unspecified atom stereocenters. The SMILES string of the molecule is CC(C)C(NC(=O)c1ccccc1)C(=O)N/N=C/c1cc(Cl)ccc1OCc1ccc(C#N)cc1. The monoisotopic (exact) mass is 488 g/mol. The van der Waals surface area contributed by atoms with Crippen molar-refractivity contribution in [1.82, 2.24) is 10.7 Å². The summed E-state index contributed by atoms with van der Waals surface area (Å²) in [5.74, 6) is -0.413. The number of rotatable bonds is 9. The Labute approximate surface area is 209 Å². The van der Waals surface area contributed by atoms with Crippen LogP contribution in [0.4, 0.5) is 0 Å². The van der Waals surface area contributed by atoms with Crippen LogP contribution in [0.2, 0.25) is 5.02 Å². The smallest absolute Gasteiger partial charge is 0.262 e. The fourth-order valence-electron chi connectivity index (χ4n) is 3.17. The number of amides is 2. The number of carbonyl (C=O) groups is 2. The highest BCUT2D eigenvalue weighted by Gasteiger charge is 2.24. The molecule has 0 saturated carbocycles. The van der Waals surface area contributed by atoms with Crippen molar-refractivity contribution in [3.05, 3.63) is 100 Å². The molecule has 8 heteroatoms.